The molecule has 1 aliphatic heterocycles. The van der Waals surface area contributed by atoms with Gasteiger partial charge in [-0.05, 0) is 26.0 Å². The Morgan fingerprint density at radius 1 is 1.55 bits per heavy atom. The number of imide groups is 1. The van der Waals surface area contributed by atoms with E-state index in [1.807, 2.05) is 0 Å². The fourth-order valence-electron chi connectivity index (χ4n) is 2.33. The highest BCUT2D eigenvalue weighted by molar-refractivity contribution is 6.08. The average molecular weight is 309 g/mol. The van der Waals surface area contributed by atoms with Crippen molar-refractivity contribution in [2.75, 3.05) is 20.3 Å². The van der Waals surface area contributed by atoms with Gasteiger partial charge >= 0.3 is 6.03 Å². The van der Waals surface area contributed by atoms with E-state index in [9.17, 15) is 14.4 Å². The van der Waals surface area contributed by atoms with Gasteiger partial charge in [0.05, 0.1) is 12.9 Å². The molecule has 2 heterocycles. The molecule has 4 amide bonds. The van der Waals surface area contributed by atoms with E-state index in [4.69, 9.17) is 9.15 Å². The van der Waals surface area contributed by atoms with Crippen molar-refractivity contribution in [2.45, 2.75) is 25.4 Å². The Morgan fingerprint density at radius 3 is 2.86 bits per heavy atom. The van der Waals surface area contributed by atoms with Crippen LogP contribution in [0.1, 0.15) is 19.6 Å². The Kier molecular flexibility index (Phi) is 4.51. The van der Waals surface area contributed by atoms with Gasteiger partial charge < -0.3 is 19.8 Å². The molecule has 2 N–H and O–H groups in total. The van der Waals surface area contributed by atoms with E-state index in [-0.39, 0.29) is 12.6 Å². The SMILES string of the molecule is COCC(C)NC(=O)CN1C(=O)NC(C)(c2ccco2)C1=O. The number of methoxy groups -OCH3 is 1. The van der Waals surface area contributed by atoms with Crippen LogP contribution < -0.4 is 10.6 Å². The van der Waals surface area contributed by atoms with Crippen LogP contribution in [0.3, 0.4) is 0 Å². The van der Waals surface area contributed by atoms with Crippen molar-refractivity contribution >= 4 is 17.8 Å². The quantitative estimate of drug-likeness (QED) is 0.731. The molecule has 2 atom stereocenters. The lowest BCUT2D eigenvalue weighted by Crippen LogP contribution is -2.45. The van der Waals surface area contributed by atoms with Crippen LogP contribution in [0.25, 0.3) is 0 Å². The number of urea groups is 1. The predicted molar refractivity (Wildman–Crippen MR) is 75.8 cm³/mol. The monoisotopic (exact) mass is 309 g/mol. The summed E-state index contributed by atoms with van der Waals surface area (Å²) < 4.78 is 10.1. The van der Waals surface area contributed by atoms with Gasteiger partial charge in [-0.1, -0.05) is 0 Å². The summed E-state index contributed by atoms with van der Waals surface area (Å²) in [5.74, 6) is -0.639. The number of furan rings is 1. The molecule has 0 aromatic carbocycles. The molecule has 2 unspecified atom stereocenters. The lowest BCUT2D eigenvalue weighted by Gasteiger charge is -2.19. The number of hydrogen-bond acceptors (Lipinski definition) is 5. The third-order valence-electron chi connectivity index (χ3n) is 3.41. The second-order valence-corrected chi connectivity index (χ2v) is 5.35. The van der Waals surface area contributed by atoms with Crippen molar-refractivity contribution in [3.05, 3.63) is 24.2 Å². The second-order valence-electron chi connectivity index (χ2n) is 5.35. The molecule has 22 heavy (non-hydrogen) atoms. The van der Waals surface area contributed by atoms with Crippen molar-refractivity contribution < 1.29 is 23.5 Å². The number of rotatable bonds is 6. The van der Waals surface area contributed by atoms with E-state index in [2.05, 4.69) is 10.6 Å². The van der Waals surface area contributed by atoms with Crippen molar-refractivity contribution in [3.63, 3.8) is 0 Å². The molecule has 1 aromatic heterocycles. The van der Waals surface area contributed by atoms with Gasteiger partial charge in [0.25, 0.3) is 5.91 Å². The van der Waals surface area contributed by atoms with Crippen molar-refractivity contribution in [3.8, 4) is 0 Å². The number of hydrogen-bond donors (Lipinski definition) is 2. The van der Waals surface area contributed by atoms with Crippen LogP contribution in [0.15, 0.2) is 22.8 Å². The first-order chi connectivity index (χ1) is 10.4. The largest absolute Gasteiger partial charge is 0.466 e. The molecule has 0 bridgehead atoms. The average Bonchev–Trinajstić information content (AvgIpc) is 3.04. The third-order valence-corrected chi connectivity index (χ3v) is 3.41. The standard InChI is InChI=1S/C14H19N3O5/c1-9(8-21-3)15-11(18)7-17-12(19)14(2,16-13(17)20)10-5-4-6-22-10/h4-6,9H,7-8H2,1-3H3,(H,15,18)(H,16,20). The summed E-state index contributed by atoms with van der Waals surface area (Å²) in [6.07, 6.45) is 1.42. The smallest absolute Gasteiger partial charge is 0.325 e. The minimum absolute atomic E-state index is 0.213. The molecule has 120 valence electrons. The zero-order chi connectivity index (χ0) is 16.3. The lowest BCUT2D eigenvalue weighted by molar-refractivity contribution is -0.135. The van der Waals surface area contributed by atoms with Crippen molar-refractivity contribution in [2.24, 2.45) is 0 Å². The Hall–Kier alpha value is -2.35. The molecule has 1 aliphatic rings. The number of ether oxygens (including phenoxy) is 1. The van der Waals surface area contributed by atoms with Crippen LogP contribution in [0.2, 0.25) is 0 Å². The predicted octanol–water partition coefficient (Wildman–Crippen LogP) is 0.198. The fraction of sp³-hybridized carbons (Fsp3) is 0.500. The second kappa shape index (κ2) is 6.18. The van der Waals surface area contributed by atoms with Gasteiger partial charge in [-0.25, -0.2) is 4.79 Å². The molecule has 2 rings (SSSR count). The van der Waals surface area contributed by atoms with Gasteiger partial charge in [-0.15, -0.1) is 0 Å². The normalized spacial score (nSPS) is 22.6. The topological polar surface area (TPSA) is 101 Å². The first-order valence-electron chi connectivity index (χ1n) is 6.85. The zero-order valence-corrected chi connectivity index (χ0v) is 12.7. The fourth-order valence-corrected chi connectivity index (χ4v) is 2.33. The molecule has 1 aromatic rings. The van der Waals surface area contributed by atoms with Gasteiger partial charge in [0.2, 0.25) is 5.91 Å². The summed E-state index contributed by atoms with van der Waals surface area (Å²) >= 11 is 0. The summed E-state index contributed by atoms with van der Waals surface area (Å²) in [5, 5.41) is 5.21. The van der Waals surface area contributed by atoms with Crippen LogP contribution in [0, 0.1) is 0 Å². The molecule has 1 saturated heterocycles. The van der Waals surface area contributed by atoms with Crippen molar-refractivity contribution in [1.29, 1.82) is 0 Å². The highest BCUT2D eigenvalue weighted by Gasteiger charge is 2.51. The molecular weight excluding hydrogens is 290 g/mol. The summed E-state index contributed by atoms with van der Waals surface area (Å²) in [5.41, 5.74) is -1.29. The van der Waals surface area contributed by atoms with Gasteiger partial charge in [0, 0.05) is 13.2 Å². The number of carbonyl (C=O) groups excluding carboxylic acids is 3. The summed E-state index contributed by atoms with van der Waals surface area (Å²) in [4.78, 5) is 37.2. The minimum atomic E-state index is -1.29. The van der Waals surface area contributed by atoms with Crippen LogP contribution in [0.5, 0.6) is 0 Å². The van der Waals surface area contributed by atoms with Gasteiger partial charge in [0.1, 0.15) is 12.3 Å². The third kappa shape index (κ3) is 2.96. The highest BCUT2D eigenvalue weighted by Crippen LogP contribution is 2.28. The zero-order valence-electron chi connectivity index (χ0n) is 12.7. The van der Waals surface area contributed by atoms with Gasteiger partial charge in [-0.3, -0.25) is 14.5 Å². The van der Waals surface area contributed by atoms with Gasteiger partial charge in [-0.2, -0.15) is 0 Å². The number of nitrogens with one attached hydrogen (secondary N) is 2. The molecule has 1 fully saturated rings. The molecule has 0 aliphatic carbocycles. The minimum Gasteiger partial charge on any atom is -0.466 e. The van der Waals surface area contributed by atoms with Crippen LogP contribution >= 0.6 is 0 Å². The van der Waals surface area contributed by atoms with E-state index in [0.717, 1.165) is 4.90 Å². The molecule has 0 spiro atoms. The molecule has 0 radical (unpaired) electrons. The maximum absolute atomic E-state index is 12.5. The summed E-state index contributed by atoms with van der Waals surface area (Å²) in [7, 11) is 1.52. The van der Waals surface area contributed by atoms with Gasteiger partial charge in [0.15, 0.2) is 5.54 Å². The van der Waals surface area contributed by atoms with Crippen molar-refractivity contribution in [1.82, 2.24) is 15.5 Å². The number of nitrogens with zero attached hydrogens (tertiary/aromatic N) is 1. The van der Waals surface area contributed by atoms with Crippen LogP contribution in [-0.4, -0.2) is 49.0 Å². The first-order valence-corrected chi connectivity index (χ1v) is 6.85. The van der Waals surface area contributed by atoms with Crippen LogP contribution in [-0.2, 0) is 19.9 Å². The van der Waals surface area contributed by atoms with E-state index >= 15 is 0 Å². The summed E-state index contributed by atoms with van der Waals surface area (Å²) in [6, 6.07) is 2.39. The highest BCUT2D eigenvalue weighted by atomic mass is 16.5. The van der Waals surface area contributed by atoms with E-state index in [0.29, 0.717) is 12.4 Å². The molecule has 0 saturated carbocycles. The summed E-state index contributed by atoms with van der Waals surface area (Å²) in [6.45, 7) is 3.29. The van der Waals surface area contributed by atoms with E-state index < -0.39 is 23.4 Å². The Bertz CT molecular complexity index is 571. The number of amides is 4. The first kappa shape index (κ1) is 16.0. The van der Waals surface area contributed by atoms with E-state index in [1.165, 1.54) is 20.3 Å². The number of carbonyl (C=O) groups is 3. The molecule has 8 heteroatoms. The Balaban J connectivity index is 2.05. The van der Waals surface area contributed by atoms with Crippen LogP contribution in [0.4, 0.5) is 4.79 Å². The lowest BCUT2D eigenvalue weighted by atomic mass is 9.99. The van der Waals surface area contributed by atoms with E-state index in [1.54, 1.807) is 19.1 Å². The Morgan fingerprint density at radius 2 is 2.27 bits per heavy atom. The maximum atomic E-state index is 12.5. The maximum Gasteiger partial charge on any atom is 0.325 e. The molecule has 8 nitrogen and oxygen atoms in total. The Labute approximate surface area is 127 Å². The molecular formula is C14H19N3O5.